The summed E-state index contributed by atoms with van der Waals surface area (Å²) in [4.78, 5) is 13.1. The Kier molecular flexibility index (Phi) is 6.01. The van der Waals surface area contributed by atoms with Crippen molar-refractivity contribution < 1.29 is 23.1 Å². The monoisotopic (exact) mass is 363 g/mol. The number of benzene rings is 1. The molecule has 3 nitrogen and oxygen atoms in total. The van der Waals surface area contributed by atoms with E-state index in [-0.39, 0.29) is 17.8 Å². The first-order chi connectivity index (χ1) is 11.3. The molecule has 1 fully saturated rings. The Morgan fingerprint density at radius 2 is 1.92 bits per heavy atom. The Labute approximate surface area is 144 Å². The summed E-state index contributed by atoms with van der Waals surface area (Å²) in [7, 11) is 0. The van der Waals surface area contributed by atoms with Crippen molar-refractivity contribution in [3.63, 3.8) is 0 Å². The second kappa shape index (κ2) is 7.64. The summed E-state index contributed by atoms with van der Waals surface area (Å²) in [6, 6.07) is 3.79. The number of anilines is 1. The van der Waals surface area contributed by atoms with Crippen LogP contribution >= 0.6 is 11.6 Å². The molecule has 1 aliphatic carbocycles. The van der Waals surface area contributed by atoms with E-state index in [0.717, 1.165) is 12.1 Å². The molecular weight excluding hydrogens is 343 g/mol. The number of carboxylic acid groups (broad SMARTS) is 1. The fourth-order valence-corrected chi connectivity index (χ4v) is 3.62. The number of carbonyl (C=O) groups is 1. The first-order valence-corrected chi connectivity index (χ1v) is 8.56. The summed E-state index contributed by atoms with van der Waals surface area (Å²) >= 11 is 5.89. The molecule has 0 saturated heterocycles. The number of halogens is 4. The molecule has 0 aliphatic heterocycles. The number of rotatable bonds is 5. The van der Waals surface area contributed by atoms with E-state index < -0.39 is 17.7 Å². The summed E-state index contributed by atoms with van der Waals surface area (Å²) in [5, 5.41) is 9.09. The molecule has 24 heavy (non-hydrogen) atoms. The van der Waals surface area contributed by atoms with Crippen molar-refractivity contribution in [2.24, 2.45) is 5.92 Å². The largest absolute Gasteiger partial charge is 0.481 e. The van der Waals surface area contributed by atoms with Gasteiger partial charge >= 0.3 is 12.1 Å². The van der Waals surface area contributed by atoms with Crippen LogP contribution in [0.2, 0.25) is 0 Å². The van der Waals surface area contributed by atoms with Crippen molar-refractivity contribution in [3.8, 4) is 0 Å². The topological polar surface area (TPSA) is 40.5 Å². The first kappa shape index (κ1) is 18.9. The minimum absolute atomic E-state index is 0.000222. The van der Waals surface area contributed by atoms with Crippen LogP contribution in [0.4, 0.5) is 18.9 Å². The SMILES string of the molecule is CCN(c1ccc(C(F)(F)F)cc1CCl)C1CCC(C(=O)O)CC1. The molecule has 0 heterocycles. The van der Waals surface area contributed by atoms with E-state index in [0.29, 0.717) is 43.5 Å². The summed E-state index contributed by atoms with van der Waals surface area (Å²) in [5.41, 5.74) is 0.459. The predicted molar refractivity (Wildman–Crippen MR) is 87.4 cm³/mol. The highest BCUT2D eigenvalue weighted by Gasteiger charge is 2.33. The summed E-state index contributed by atoms with van der Waals surface area (Å²) in [6.07, 6.45) is -1.78. The molecule has 1 aromatic carbocycles. The minimum Gasteiger partial charge on any atom is -0.481 e. The number of alkyl halides is 4. The van der Waals surface area contributed by atoms with Crippen molar-refractivity contribution in [2.45, 2.75) is 50.7 Å². The molecule has 0 atom stereocenters. The van der Waals surface area contributed by atoms with Crippen LogP contribution in [-0.4, -0.2) is 23.7 Å². The zero-order valence-electron chi connectivity index (χ0n) is 13.4. The lowest BCUT2D eigenvalue weighted by Crippen LogP contribution is -2.39. The number of nitrogens with zero attached hydrogens (tertiary/aromatic N) is 1. The van der Waals surface area contributed by atoms with Crippen molar-refractivity contribution in [1.29, 1.82) is 0 Å². The molecule has 0 bridgehead atoms. The van der Waals surface area contributed by atoms with Gasteiger partial charge in [-0.2, -0.15) is 13.2 Å². The molecule has 2 rings (SSSR count). The first-order valence-electron chi connectivity index (χ1n) is 8.03. The van der Waals surface area contributed by atoms with Gasteiger partial charge in [0.25, 0.3) is 0 Å². The van der Waals surface area contributed by atoms with E-state index in [2.05, 4.69) is 4.90 Å². The van der Waals surface area contributed by atoms with Gasteiger partial charge in [0.1, 0.15) is 0 Å². The van der Waals surface area contributed by atoms with Gasteiger partial charge in [-0.15, -0.1) is 11.6 Å². The second-order valence-electron chi connectivity index (χ2n) is 6.10. The molecule has 1 aliphatic rings. The highest BCUT2D eigenvalue weighted by atomic mass is 35.5. The predicted octanol–water partition coefficient (Wildman–Crippen LogP) is 4.91. The summed E-state index contributed by atoms with van der Waals surface area (Å²) in [5.74, 6) is -1.09. The Balaban J connectivity index is 2.23. The van der Waals surface area contributed by atoms with Crippen molar-refractivity contribution >= 4 is 23.3 Å². The van der Waals surface area contributed by atoms with Gasteiger partial charge in [0.05, 0.1) is 11.5 Å². The van der Waals surface area contributed by atoms with Gasteiger partial charge < -0.3 is 10.0 Å². The standard InChI is InChI=1S/C17H21ClF3NO2/c1-2-22(14-6-3-11(4-7-14)16(23)24)15-8-5-13(17(19,20)21)9-12(15)10-18/h5,8-9,11,14H,2-4,6-7,10H2,1H3,(H,23,24). The van der Waals surface area contributed by atoms with Gasteiger partial charge in [-0.3, -0.25) is 4.79 Å². The zero-order chi connectivity index (χ0) is 17.9. The van der Waals surface area contributed by atoms with Crippen LogP contribution in [-0.2, 0) is 16.9 Å². The van der Waals surface area contributed by atoms with E-state index in [9.17, 15) is 18.0 Å². The van der Waals surface area contributed by atoms with Gasteiger partial charge in [0, 0.05) is 24.2 Å². The maximum Gasteiger partial charge on any atom is 0.416 e. The minimum atomic E-state index is -4.39. The average molecular weight is 364 g/mol. The highest BCUT2D eigenvalue weighted by Crippen LogP contribution is 2.36. The van der Waals surface area contributed by atoms with E-state index in [1.54, 1.807) is 0 Å². The van der Waals surface area contributed by atoms with Gasteiger partial charge in [0.2, 0.25) is 0 Å². The average Bonchev–Trinajstić information content (AvgIpc) is 2.55. The Bertz CT molecular complexity index is 584. The van der Waals surface area contributed by atoms with Crippen LogP contribution in [0.15, 0.2) is 18.2 Å². The van der Waals surface area contributed by atoms with Crippen LogP contribution in [0.25, 0.3) is 0 Å². The van der Waals surface area contributed by atoms with Crippen LogP contribution in [0.5, 0.6) is 0 Å². The lowest BCUT2D eigenvalue weighted by molar-refractivity contribution is -0.143. The van der Waals surface area contributed by atoms with Gasteiger partial charge in [-0.25, -0.2) is 0 Å². The van der Waals surface area contributed by atoms with E-state index in [1.807, 2.05) is 6.92 Å². The molecule has 7 heteroatoms. The molecule has 0 aromatic heterocycles. The number of hydrogen-bond acceptors (Lipinski definition) is 2. The van der Waals surface area contributed by atoms with Crippen LogP contribution in [0, 0.1) is 5.92 Å². The third-order valence-electron chi connectivity index (χ3n) is 4.69. The highest BCUT2D eigenvalue weighted by molar-refractivity contribution is 6.17. The lowest BCUT2D eigenvalue weighted by Gasteiger charge is -2.38. The quantitative estimate of drug-likeness (QED) is 0.755. The molecule has 0 amide bonds. The fraction of sp³-hybridized carbons (Fsp3) is 0.588. The van der Waals surface area contributed by atoms with E-state index >= 15 is 0 Å². The molecular formula is C17H21ClF3NO2. The van der Waals surface area contributed by atoms with Gasteiger partial charge in [-0.05, 0) is 56.4 Å². The van der Waals surface area contributed by atoms with Crippen molar-refractivity contribution in [1.82, 2.24) is 0 Å². The van der Waals surface area contributed by atoms with Crippen molar-refractivity contribution in [3.05, 3.63) is 29.3 Å². The molecule has 1 N–H and O–H groups in total. The Morgan fingerprint density at radius 1 is 1.29 bits per heavy atom. The fourth-order valence-electron chi connectivity index (χ4n) is 3.41. The zero-order valence-corrected chi connectivity index (χ0v) is 14.2. The molecule has 1 saturated carbocycles. The Hall–Kier alpha value is -1.43. The number of aliphatic carboxylic acids is 1. The number of hydrogen-bond donors (Lipinski definition) is 1. The normalized spacial score (nSPS) is 21.5. The molecule has 0 unspecified atom stereocenters. The third kappa shape index (κ3) is 4.15. The summed E-state index contributed by atoms with van der Waals surface area (Å²) < 4.78 is 38.6. The third-order valence-corrected chi connectivity index (χ3v) is 4.98. The van der Waals surface area contributed by atoms with Crippen LogP contribution in [0.1, 0.15) is 43.7 Å². The van der Waals surface area contributed by atoms with Gasteiger partial charge in [0.15, 0.2) is 0 Å². The van der Waals surface area contributed by atoms with Crippen molar-refractivity contribution in [2.75, 3.05) is 11.4 Å². The van der Waals surface area contributed by atoms with Crippen LogP contribution < -0.4 is 4.90 Å². The molecule has 0 spiro atoms. The summed E-state index contributed by atoms with van der Waals surface area (Å²) in [6.45, 7) is 2.58. The maximum absolute atomic E-state index is 12.9. The van der Waals surface area contributed by atoms with E-state index in [4.69, 9.17) is 16.7 Å². The van der Waals surface area contributed by atoms with Gasteiger partial charge in [-0.1, -0.05) is 0 Å². The Morgan fingerprint density at radius 3 is 2.38 bits per heavy atom. The van der Waals surface area contributed by atoms with E-state index in [1.165, 1.54) is 6.07 Å². The molecule has 134 valence electrons. The number of carboxylic acids is 1. The van der Waals surface area contributed by atoms with Crippen LogP contribution in [0.3, 0.4) is 0 Å². The lowest BCUT2D eigenvalue weighted by atomic mass is 9.85. The smallest absolute Gasteiger partial charge is 0.416 e. The maximum atomic E-state index is 12.9. The second-order valence-corrected chi connectivity index (χ2v) is 6.37. The molecule has 1 aromatic rings. The molecule has 0 radical (unpaired) electrons.